The molecule has 5 nitrogen and oxygen atoms in total. The standard InChI is InChI=1S/C19H15ClFN3O2/c1-11-5-3-6-13(9-11)24-12(2)10-16(25)18(23-24)19(26)22-15-8-4-7-14(20)17(15)21/h3-10H,1-2H3,(H,22,26). The number of aromatic nitrogens is 2. The number of anilines is 1. The first-order valence-electron chi connectivity index (χ1n) is 7.80. The van der Waals surface area contributed by atoms with Gasteiger partial charge in [-0.15, -0.1) is 0 Å². The van der Waals surface area contributed by atoms with E-state index in [9.17, 15) is 14.0 Å². The van der Waals surface area contributed by atoms with Crippen LogP contribution in [0.15, 0.2) is 53.3 Å². The van der Waals surface area contributed by atoms with Crippen LogP contribution in [-0.4, -0.2) is 15.7 Å². The van der Waals surface area contributed by atoms with E-state index in [0.29, 0.717) is 11.4 Å². The van der Waals surface area contributed by atoms with Gasteiger partial charge in [-0.3, -0.25) is 9.59 Å². The number of hydrogen-bond donors (Lipinski definition) is 1. The molecule has 0 saturated carbocycles. The van der Waals surface area contributed by atoms with Crippen LogP contribution in [0.25, 0.3) is 5.69 Å². The van der Waals surface area contributed by atoms with E-state index in [1.807, 2.05) is 31.2 Å². The van der Waals surface area contributed by atoms with Crippen LogP contribution < -0.4 is 10.7 Å². The van der Waals surface area contributed by atoms with Crippen LogP contribution >= 0.6 is 11.6 Å². The highest BCUT2D eigenvalue weighted by Gasteiger charge is 2.17. The second-order valence-electron chi connectivity index (χ2n) is 5.80. The lowest BCUT2D eigenvalue weighted by Gasteiger charge is -2.12. The highest BCUT2D eigenvalue weighted by atomic mass is 35.5. The fourth-order valence-corrected chi connectivity index (χ4v) is 2.68. The molecule has 3 aromatic rings. The van der Waals surface area contributed by atoms with Crippen molar-refractivity contribution in [2.45, 2.75) is 13.8 Å². The molecule has 0 radical (unpaired) electrons. The molecule has 1 N–H and O–H groups in total. The van der Waals surface area contributed by atoms with Gasteiger partial charge in [-0.1, -0.05) is 29.8 Å². The van der Waals surface area contributed by atoms with Gasteiger partial charge in [0.2, 0.25) is 5.43 Å². The Hall–Kier alpha value is -2.99. The lowest BCUT2D eigenvalue weighted by Crippen LogP contribution is -2.27. The molecular weight excluding hydrogens is 357 g/mol. The Balaban J connectivity index is 2.02. The number of halogens is 2. The molecule has 1 amide bonds. The van der Waals surface area contributed by atoms with Crippen molar-refractivity contribution in [2.75, 3.05) is 5.32 Å². The first-order valence-corrected chi connectivity index (χ1v) is 8.18. The number of benzene rings is 2. The van der Waals surface area contributed by atoms with Crippen molar-refractivity contribution in [3.05, 3.63) is 86.5 Å². The van der Waals surface area contributed by atoms with Crippen LogP contribution in [0.1, 0.15) is 21.7 Å². The van der Waals surface area contributed by atoms with Crippen LogP contribution in [0.3, 0.4) is 0 Å². The predicted molar refractivity (Wildman–Crippen MR) is 98.7 cm³/mol. The Morgan fingerprint density at radius 1 is 1.15 bits per heavy atom. The molecule has 0 spiro atoms. The Morgan fingerprint density at radius 3 is 2.62 bits per heavy atom. The molecule has 3 rings (SSSR count). The normalized spacial score (nSPS) is 10.6. The number of amides is 1. The fourth-order valence-electron chi connectivity index (χ4n) is 2.51. The van der Waals surface area contributed by atoms with Crippen LogP contribution in [0, 0.1) is 19.7 Å². The summed E-state index contributed by atoms with van der Waals surface area (Å²) in [5.41, 5.74) is 1.29. The zero-order valence-electron chi connectivity index (χ0n) is 14.1. The van der Waals surface area contributed by atoms with E-state index < -0.39 is 17.2 Å². The fraction of sp³-hybridized carbons (Fsp3) is 0.105. The largest absolute Gasteiger partial charge is 0.318 e. The highest BCUT2D eigenvalue weighted by molar-refractivity contribution is 6.31. The minimum atomic E-state index is -0.808. The summed E-state index contributed by atoms with van der Waals surface area (Å²) >= 11 is 5.71. The summed E-state index contributed by atoms with van der Waals surface area (Å²) in [6, 6.07) is 13.0. The topological polar surface area (TPSA) is 64.0 Å². The van der Waals surface area contributed by atoms with Gasteiger partial charge in [0.25, 0.3) is 5.91 Å². The van der Waals surface area contributed by atoms with Crippen molar-refractivity contribution in [2.24, 2.45) is 0 Å². The molecule has 0 unspecified atom stereocenters. The first kappa shape index (κ1) is 17.8. The lowest BCUT2D eigenvalue weighted by molar-refractivity contribution is 0.101. The third-order valence-electron chi connectivity index (χ3n) is 3.77. The summed E-state index contributed by atoms with van der Waals surface area (Å²) in [5.74, 6) is -1.58. The number of carbonyl (C=O) groups is 1. The minimum absolute atomic E-state index is 0.119. The Bertz CT molecular complexity index is 1060. The third-order valence-corrected chi connectivity index (χ3v) is 4.06. The van der Waals surface area contributed by atoms with Gasteiger partial charge >= 0.3 is 0 Å². The summed E-state index contributed by atoms with van der Waals surface area (Å²) in [6.07, 6.45) is 0. The molecule has 7 heteroatoms. The molecule has 0 fully saturated rings. The third kappa shape index (κ3) is 3.50. The zero-order valence-corrected chi connectivity index (χ0v) is 14.8. The molecule has 1 aromatic heterocycles. The van der Waals surface area contributed by atoms with Crippen molar-refractivity contribution in [3.8, 4) is 5.69 Å². The van der Waals surface area contributed by atoms with Gasteiger partial charge in [0.05, 0.1) is 16.4 Å². The smallest absolute Gasteiger partial charge is 0.280 e. The van der Waals surface area contributed by atoms with E-state index in [2.05, 4.69) is 10.4 Å². The van der Waals surface area contributed by atoms with Gasteiger partial charge in [0.1, 0.15) is 0 Å². The maximum absolute atomic E-state index is 14.0. The average Bonchev–Trinajstić information content (AvgIpc) is 2.59. The van der Waals surface area contributed by atoms with Gasteiger partial charge in [-0.2, -0.15) is 5.10 Å². The Labute approximate surface area is 154 Å². The van der Waals surface area contributed by atoms with E-state index in [0.717, 1.165) is 5.56 Å². The predicted octanol–water partition coefficient (Wildman–Crippen LogP) is 3.89. The summed E-state index contributed by atoms with van der Waals surface area (Å²) in [7, 11) is 0. The summed E-state index contributed by atoms with van der Waals surface area (Å²) in [6.45, 7) is 3.64. The van der Waals surface area contributed by atoms with E-state index in [4.69, 9.17) is 11.6 Å². The zero-order chi connectivity index (χ0) is 18.8. The lowest BCUT2D eigenvalue weighted by atomic mass is 10.2. The maximum atomic E-state index is 14.0. The van der Waals surface area contributed by atoms with E-state index in [1.54, 1.807) is 6.92 Å². The number of aryl methyl sites for hydroxylation is 2. The van der Waals surface area contributed by atoms with Crippen LogP contribution in [-0.2, 0) is 0 Å². The number of carbonyl (C=O) groups excluding carboxylic acids is 1. The van der Waals surface area contributed by atoms with Gasteiger partial charge < -0.3 is 5.32 Å². The molecule has 2 aromatic carbocycles. The molecule has 0 aliphatic carbocycles. The molecule has 132 valence electrons. The average molecular weight is 372 g/mol. The molecule has 0 bridgehead atoms. The van der Waals surface area contributed by atoms with Crippen molar-refractivity contribution >= 4 is 23.2 Å². The van der Waals surface area contributed by atoms with Gasteiger partial charge in [0.15, 0.2) is 11.5 Å². The van der Waals surface area contributed by atoms with Gasteiger partial charge in [-0.25, -0.2) is 9.07 Å². The van der Waals surface area contributed by atoms with Crippen LogP contribution in [0.4, 0.5) is 10.1 Å². The molecule has 0 atom stereocenters. The van der Waals surface area contributed by atoms with Crippen molar-refractivity contribution in [3.63, 3.8) is 0 Å². The van der Waals surface area contributed by atoms with Crippen molar-refractivity contribution in [1.82, 2.24) is 9.78 Å². The van der Waals surface area contributed by atoms with E-state index in [-0.39, 0.29) is 16.4 Å². The Morgan fingerprint density at radius 2 is 1.88 bits per heavy atom. The van der Waals surface area contributed by atoms with E-state index in [1.165, 1.54) is 28.9 Å². The minimum Gasteiger partial charge on any atom is -0.318 e. The molecule has 1 heterocycles. The number of nitrogens with one attached hydrogen (secondary N) is 1. The summed E-state index contributed by atoms with van der Waals surface area (Å²) in [5, 5.41) is 6.38. The first-order chi connectivity index (χ1) is 12.4. The maximum Gasteiger partial charge on any atom is 0.280 e. The summed E-state index contributed by atoms with van der Waals surface area (Å²) < 4.78 is 15.5. The Kier molecular flexibility index (Phi) is 4.86. The van der Waals surface area contributed by atoms with Crippen LogP contribution in [0.2, 0.25) is 5.02 Å². The molecule has 26 heavy (non-hydrogen) atoms. The molecule has 0 aliphatic heterocycles. The van der Waals surface area contributed by atoms with Crippen molar-refractivity contribution in [1.29, 1.82) is 0 Å². The highest BCUT2D eigenvalue weighted by Crippen LogP contribution is 2.22. The van der Waals surface area contributed by atoms with Gasteiger partial charge in [0, 0.05) is 11.8 Å². The molecule has 0 saturated heterocycles. The molecule has 0 aliphatic rings. The number of nitrogens with zero attached hydrogens (tertiary/aromatic N) is 2. The van der Waals surface area contributed by atoms with Gasteiger partial charge in [-0.05, 0) is 43.7 Å². The van der Waals surface area contributed by atoms with Crippen LogP contribution in [0.5, 0.6) is 0 Å². The van der Waals surface area contributed by atoms with Crippen molar-refractivity contribution < 1.29 is 9.18 Å². The second kappa shape index (κ2) is 7.09. The SMILES string of the molecule is Cc1cccc(-n2nc(C(=O)Nc3cccc(Cl)c3F)c(=O)cc2C)c1. The number of hydrogen-bond acceptors (Lipinski definition) is 3. The second-order valence-corrected chi connectivity index (χ2v) is 6.21. The monoisotopic (exact) mass is 371 g/mol. The summed E-state index contributed by atoms with van der Waals surface area (Å²) in [4.78, 5) is 24.7. The van der Waals surface area contributed by atoms with E-state index >= 15 is 0 Å². The quantitative estimate of drug-likeness (QED) is 0.759. The number of rotatable bonds is 3. The molecular formula is C19H15ClFN3O2.